The molecule has 8 nitrogen and oxygen atoms in total. The maximum atomic E-state index is 13.4. The number of morpholine rings is 1. The van der Waals surface area contributed by atoms with Crippen molar-refractivity contribution in [2.45, 2.75) is 26.7 Å². The van der Waals surface area contributed by atoms with Gasteiger partial charge < -0.3 is 10.1 Å². The molecule has 2 aliphatic heterocycles. The maximum absolute atomic E-state index is 13.4. The Morgan fingerprint density at radius 1 is 1.27 bits per heavy atom. The van der Waals surface area contributed by atoms with Crippen LogP contribution in [0.3, 0.4) is 0 Å². The summed E-state index contributed by atoms with van der Waals surface area (Å²) in [6.07, 6.45) is 5.07. The van der Waals surface area contributed by atoms with Gasteiger partial charge in [-0.15, -0.1) is 0 Å². The molecule has 4 heterocycles. The number of ether oxygens (including phenoxy) is 1. The lowest BCUT2D eigenvalue weighted by Gasteiger charge is -2.26. The third-order valence-corrected chi connectivity index (χ3v) is 7.11. The highest BCUT2D eigenvalue weighted by atomic mass is 32.2. The number of aromatic nitrogens is 2. The zero-order valence-corrected chi connectivity index (χ0v) is 20.6. The van der Waals surface area contributed by atoms with E-state index >= 15 is 0 Å². The van der Waals surface area contributed by atoms with Gasteiger partial charge in [0.15, 0.2) is 0 Å². The van der Waals surface area contributed by atoms with Gasteiger partial charge in [0.25, 0.3) is 11.5 Å². The van der Waals surface area contributed by atoms with Crippen LogP contribution < -0.4 is 10.9 Å². The number of thioether (sulfide) groups is 1. The Bertz CT molecular complexity index is 1140. The van der Waals surface area contributed by atoms with E-state index in [4.69, 9.17) is 21.9 Å². The number of pyridine rings is 1. The van der Waals surface area contributed by atoms with Crippen molar-refractivity contribution in [2.24, 2.45) is 0 Å². The molecule has 0 radical (unpaired) electrons. The van der Waals surface area contributed by atoms with Gasteiger partial charge in [0.2, 0.25) is 0 Å². The summed E-state index contributed by atoms with van der Waals surface area (Å²) in [7, 11) is 0. The normalized spacial score (nSPS) is 18.6. The van der Waals surface area contributed by atoms with E-state index in [1.807, 2.05) is 26.0 Å². The molecule has 2 saturated heterocycles. The van der Waals surface area contributed by atoms with E-state index in [0.29, 0.717) is 39.3 Å². The number of anilines is 1. The molecule has 10 heteroatoms. The number of thiocarbonyl (C=S) groups is 1. The lowest BCUT2D eigenvalue weighted by atomic mass is 10.2. The van der Waals surface area contributed by atoms with Crippen LogP contribution in [0.15, 0.2) is 28.0 Å². The fourth-order valence-electron chi connectivity index (χ4n) is 3.96. The van der Waals surface area contributed by atoms with Gasteiger partial charge in [0, 0.05) is 32.4 Å². The number of hydrogen-bond donors (Lipinski definition) is 1. The highest BCUT2D eigenvalue weighted by Gasteiger charge is 2.32. The molecular formula is C23H29N5O3S2. The molecule has 4 rings (SSSR count). The maximum Gasteiger partial charge on any atom is 0.267 e. The van der Waals surface area contributed by atoms with Gasteiger partial charge in [-0.2, -0.15) is 0 Å². The van der Waals surface area contributed by atoms with Crippen molar-refractivity contribution >= 4 is 51.7 Å². The van der Waals surface area contributed by atoms with Crippen molar-refractivity contribution in [3.63, 3.8) is 0 Å². The lowest BCUT2D eigenvalue weighted by molar-refractivity contribution is -0.122. The molecule has 1 N–H and O–H groups in total. The minimum atomic E-state index is -0.208. The van der Waals surface area contributed by atoms with Crippen molar-refractivity contribution in [3.8, 4) is 0 Å². The predicted molar refractivity (Wildman–Crippen MR) is 137 cm³/mol. The molecule has 0 unspecified atom stereocenters. The Labute approximate surface area is 203 Å². The largest absolute Gasteiger partial charge is 0.379 e. The summed E-state index contributed by atoms with van der Waals surface area (Å²) in [4.78, 5) is 35.5. The third kappa shape index (κ3) is 5.29. The van der Waals surface area contributed by atoms with Crippen molar-refractivity contribution in [1.82, 2.24) is 19.2 Å². The summed E-state index contributed by atoms with van der Waals surface area (Å²) in [6, 6.07) is 3.75. The Hall–Kier alpha value is -2.27. The van der Waals surface area contributed by atoms with Gasteiger partial charge in [0.05, 0.1) is 23.7 Å². The summed E-state index contributed by atoms with van der Waals surface area (Å²) in [5.41, 5.74) is 1.68. The smallest absolute Gasteiger partial charge is 0.267 e. The van der Waals surface area contributed by atoms with E-state index in [1.165, 1.54) is 16.2 Å². The van der Waals surface area contributed by atoms with Crippen LogP contribution in [0, 0.1) is 6.92 Å². The molecule has 1 amide bonds. The van der Waals surface area contributed by atoms with E-state index in [2.05, 4.69) is 10.2 Å². The first-order chi connectivity index (χ1) is 16.0. The number of fused-ring (bicyclic) bond motifs is 1. The second kappa shape index (κ2) is 10.8. The summed E-state index contributed by atoms with van der Waals surface area (Å²) < 4.78 is 7.47. The second-order valence-corrected chi connectivity index (χ2v) is 9.81. The number of aryl methyl sites for hydroxylation is 1. The Kier molecular flexibility index (Phi) is 7.79. The summed E-state index contributed by atoms with van der Waals surface area (Å²) in [5.74, 6) is 0.343. The fourth-order valence-corrected chi connectivity index (χ4v) is 5.25. The Morgan fingerprint density at radius 3 is 2.82 bits per heavy atom. The number of hydrogen-bond acceptors (Lipinski definition) is 8. The first-order valence-electron chi connectivity index (χ1n) is 11.3. The average Bonchev–Trinajstić information content (AvgIpc) is 3.08. The molecule has 2 aliphatic rings. The van der Waals surface area contributed by atoms with Crippen LogP contribution >= 0.6 is 24.0 Å². The zero-order valence-electron chi connectivity index (χ0n) is 19.0. The Balaban J connectivity index is 1.62. The minimum absolute atomic E-state index is 0.154. The summed E-state index contributed by atoms with van der Waals surface area (Å²) >= 11 is 6.62. The van der Waals surface area contributed by atoms with Crippen LogP contribution in [0.1, 0.15) is 30.9 Å². The van der Waals surface area contributed by atoms with Crippen molar-refractivity contribution in [1.29, 1.82) is 0 Å². The second-order valence-electron chi connectivity index (χ2n) is 8.13. The molecule has 0 aromatic carbocycles. The predicted octanol–water partition coefficient (Wildman–Crippen LogP) is 2.75. The topological polar surface area (TPSA) is 79.2 Å². The standard InChI is InChI=1S/C23H29N5O3S2/c1-3-8-28-22(30)18(33-23(28)32)15-17-19(24-7-5-9-26-11-13-31-14-12-26)25-20-16(2)6-4-10-27(20)21(17)29/h4,6,10,15,24H,3,5,7-9,11-14H2,1-2H3/b18-15-. The summed E-state index contributed by atoms with van der Waals surface area (Å²) in [5, 5.41) is 3.36. The highest BCUT2D eigenvalue weighted by Crippen LogP contribution is 2.33. The molecule has 0 saturated carbocycles. The van der Waals surface area contributed by atoms with Gasteiger partial charge in [-0.25, -0.2) is 4.98 Å². The number of carbonyl (C=O) groups is 1. The van der Waals surface area contributed by atoms with Crippen LogP contribution in [0.5, 0.6) is 0 Å². The van der Waals surface area contributed by atoms with Gasteiger partial charge in [-0.05, 0) is 44.0 Å². The van der Waals surface area contributed by atoms with Gasteiger partial charge >= 0.3 is 0 Å². The molecule has 33 heavy (non-hydrogen) atoms. The molecular weight excluding hydrogens is 458 g/mol. The fraction of sp³-hybridized carbons (Fsp3) is 0.478. The van der Waals surface area contributed by atoms with Crippen molar-refractivity contribution in [2.75, 3.05) is 51.3 Å². The first kappa shape index (κ1) is 23.9. The number of nitrogens with one attached hydrogen (secondary N) is 1. The minimum Gasteiger partial charge on any atom is -0.379 e. The van der Waals surface area contributed by atoms with Crippen LogP contribution in [0.25, 0.3) is 11.7 Å². The molecule has 176 valence electrons. The highest BCUT2D eigenvalue weighted by molar-refractivity contribution is 8.26. The van der Waals surface area contributed by atoms with E-state index in [9.17, 15) is 9.59 Å². The van der Waals surface area contributed by atoms with Gasteiger partial charge in [-0.3, -0.25) is 23.8 Å². The van der Waals surface area contributed by atoms with Gasteiger partial charge in [0.1, 0.15) is 15.8 Å². The first-order valence-corrected chi connectivity index (χ1v) is 12.5. The van der Waals surface area contributed by atoms with Crippen LogP contribution in [0.4, 0.5) is 5.82 Å². The molecule has 0 aliphatic carbocycles. The number of nitrogens with zero attached hydrogens (tertiary/aromatic N) is 4. The molecule has 0 spiro atoms. The number of rotatable bonds is 8. The Morgan fingerprint density at radius 2 is 2.06 bits per heavy atom. The SMILES string of the molecule is CCCN1C(=O)/C(=C/c2c(NCCCN3CCOCC3)nc3c(C)cccn3c2=O)SC1=S. The zero-order chi connectivity index (χ0) is 23.4. The van der Waals surface area contributed by atoms with Crippen molar-refractivity contribution < 1.29 is 9.53 Å². The monoisotopic (exact) mass is 487 g/mol. The van der Waals surface area contributed by atoms with Crippen LogP contribution in [-0.4, -0.2) is 75.3 Å². The quantitative estimate of drug-likeness (QED) is 0.346. The number of amides is 1. The van der Waals surface area contributed by atoms with E-state index in [-0.39, 0.29) is 11.5 Å². The van der Waals surface area contributed by atoms with E-state index in [0.717, 1.165) is 51.3 Å². The lowest BCUT2D eigenvalue weighted by Crippen LogP contribution is -2.37. The van der Waals surface area contributed by atoms with E-state index < -0.39 is 0 Å². The van der Waals surface area contributed by atoms with Crippen LogP contribution in [-0.2, 0) is 9.53 Å². The van der Waals surface area contributed by atoms with Crippen LogP contribution in [0.2, 0.25) is 0 Å². The number of carbonyl (C=O) groups excluding carboxylic acids is 1. The molecule has 0 bridgehead atoms. The molecule has 2 fully saturated rings. The van der Waals surface area contributed by atoms with Gasteiger partial charge in [-0.1, -0.05) is 37.0 Å². The summed E-state index contributed by atoms with van der Waals surface area (Å²) in [6.45, 7) is 9.56. The van der Waals surface area contributed by atoms with Crippen molar-refractivity contribution in [3.05, 3.63) is 44.7 Å². The van der Waals surface area contributed by atoms with E-state index in [1.54, 1.807) is 17.2 Å². The molecule has 0 atom stereocenters. The average molecular weight is 488 g/mol. The third-order valence-electron chi connectivity index (χ3n) is 5.73. The molecule has 2 aromatic rings. The molecule has 2 aromatic heterocycles.